The van der Waals surface area contributed by atoms with Crippen LogP contribution in [-0.2, 0) is 0 Å². The fraction of sp³-hybridized carbons (Fsp3) is 0.600. The highest BCUT2D eigenvalue weighted by Crippen LogP contribution is 2.26. The Morgan fingerprint density at radius 1 is 1.09 bits per heavy atom. The molecule has 4 rings (SSSR count). The van der Waals surface area contributed by atoms with Gasteiger partial charge in [0.1, 0.15) is 11.3 Å². The Kier molecular flexibility index (Phi) is 8.57. The Morgan fingerprint density at radius 2 is 1.83 bits per heavy atom. The van der Waals surface area contributed by atoms with Crippen LogP contribution in [0.25, 0.3) is 0 Å². The molecule has 1 aromatic heterocycles. The van der Waals surface area contributed by atoms with Crippen LogP contribution in [0.3, 0.4) is 0 Å². The number of benzene rings is 1. The van der Waals surface area contributed by atoms with Crippen molar-refractivity contribution in [1.29, 1.82) is 0 Å². The summed E-state index contributed by atoms with van der Waals surface area (Å²) in [4.78, 5) is 25.6. The molecule has 2 atom stereocenters. The van der Waals surface area contributed by atoms with E-state index in [0.29, 0.717) is 41.4 Å². The van der Waals surface area contributed by atoms with Gasteiger partial charge in [-0.2, -0.15) is 15.0 Å². The third kappa shape index (κ3) is 6.72. The van der Waals surface area contributed by atoms with E-state index in [1.807, 2.05) is 0 Å². The summed E-state index contributed by atoms with van der Waals surface area (Å²) < 4.78 is 5.17. The Bertz CT molecular complexity index is 989. The van der Waals surface area contributed by atoms with Crippen LogP contribution >= 0.6 is 0 Å². The van der Waals surface area contributed by atoms with Crippen molar-refractivity contribution in [3.63, 3.8) is 0 Å². The molecule has 2 unspecified atom stereocenters. The topological polar surface area (TPSA) is 133 Å². The summed E-state index contributed by atoms with van der Waals surface area (Å²) in [6, 6.07) is 5.81. The number of ether oxygens (including phenoxy) is 1. The second-order valence-corrected chi connectivity index (χ2v) is 9.35. The van der Waals surface area contributed by atoms with Gasteiger partial charge in [0, 0.05) is 23.8 Å². The predicted molar refractivity (Wildman–Crippen MR) is 137 cm³/mol. The zero-order valence-electron chi connectivity index (χ0n) is 20.6. The van der Waals surface area contributed by atoms with Gasteiger partial charge in [0.15, 0.2) is 0 Å². The van der Waals surface area contributed by atoms with Crippen LogP contribution in [-0.4, -0.2) is 57.8 Å². The van der Waals surface area contributed by atoms with E-state index in [2.05, 4.69) is 38.2 Å². The fourth-order valence-corrected chi connectivity index (χ4v) is 4.96. The Morgan fingerprint density at radius 3 is 2.49 bits per heavy atom. The van der Waals surface area contributed by atoms with Crippen molar-refractivity contribution in [2.75, 3.05) is 29.6 Å². The van der Waals surface area contributed by atoms with Crippen LogP contribution in [0.5, 0.6) is 5.75 Å². The minimum Gasteiger partial charge on any atom is -0.496 e. The van der Waals surface area contributed by atoms with Crippen LogP contribution in [0, 0.1) is 0 Å². The number of aromatic carboxylic acids is 1. The molecule has 0 radical (unpaired) electrons. The summed E-state index contributed by atoms with van der Waals surface area (Å²) in [6.07, 6.45) is 10.4. The molecule has 1 aliphatic heterocycles. The van der Waals surface area contributed by atoms with E-state index < -0.39 is 5.97 Å². The van der Waals surface area contributed by atoms with Crippen molar-refractivity contribution in [2.45, 2.75) is 82.8 Å². The van der Waals surface area contributed by atoms with Gasteiger partial charge in [0.25, 0.3) is 0 Å². The standard InChI is InChI=1S/C25H37N7O3/c1-3-19(20-11-8-14-26-20)29-25-31-23(27-16-9-6-4-5-7-10-16)30-24(32-25)28-17-12-13-21(35-2)18(15-17)22(33)34/h12-13,15-16,19-20,26H,3-11,14H2,1-2H3,(H,33,34)(H3,27,28,29,30,31,32). The first-order chi connectivity index (χ1) is 17.1. The first-order valence-corrected chi connectivity index (χ1v) is 12.8. The molecule has 1 aliphatic carbocycles. The van der Waals surface area contributed by atoms with Gasteiger partial charge in [-0.15, -0.1) is 0 Å². The summed E-state index contributed by atoms with van der Waals surface area (Å²) in [7, 11) is 1.45. The van der Waals surface area contributed by atoms with Crippen LogP contribution < -0.4 is 26.0 Å². The molecule has 2 fully saturated rings. The SMILES string of the molecule is CCC(Nc1nc(Nc2ccc(OC)c(C(=O)O)c2)nc(NC2CCCCCC2)n1)C1CCCN1. The quantitative estimate of drug-likeness (QED) is 0.310. The van der Waals surface area contributed by atoms with Crippen LogP contribution in [0.1, 0.15) is 75.1 Å². The van der Waals surface area contributed by atoms with Crippen molar-refractivity contribution in [3.8, 4) is 5.75 Å². The van der Waals surface area contributed by atoms with Crippen molar-refractivity contribution >= 4 is 29.5 Å². The van der Waals surface area contributed by atoms with E-state index in [0.717, 1.165) is 32.2 Å². The lowest BCUT2D eigenvalue weighted by molar-refractivity contribution is 0.0693. The number of hydrogen-bond acceptors (Lipinski definition) is 9. The summed E-state index contributed by atoms with van der Waals surface area (Å²) in [5, 5.41) is 23.3. The van der Waals surface area contributed by atoms with Gasteiger partial charge in [-0.1, -0.05) is 32.6 Å². The van der Waals surface area contributed by atoms with Gasteiger partial charge in [-0.3, -0.25) is 0 Å². The normalized spacial score (nSPS) is 19.5. The number of anilines is 4. The molecule has 2 aromatic rings. The van der Waals surface area contributed by atoms with Gasteiger partial charge in [0.05, 0.1) is 7.11 Å². The second kappa shape index (κ2) is 12.0. The molecule has 5 N–H and O–H groups in total. The third-order valence-electron chi connectivity index (χ3n) is 6.85. The number of carboxylic acids is 1. The summed E-state index contributed by atoms with van der Waals surface area (Å²) in [5.41, 5.74) is 0.630. The second-order valence-electron chi connectivity index (χ2n) is 9.35. The summed E-state index contributed by atoms with van der Waals surface area (Å²) >= 11 is 0. The predicted octanol–water partition coefficient (Wildman–Crippen LogP) is 4.40. The highest BCUT2D eigenvalue weighted by atomic mass is 16.5. The molecule has 2 heterocycles. The van der Waals surface area contributed by atoms with Crippen LogP contribution in [0.4, 0.5) is 23.5 Å². The first kappa shape index (κ1) is 25.0. The van der Waals surface area contributed by atoms with Gasteiger partial charge < -0.3 is 31.1 Å². The Labute approximate surface area is 206 Å². The number of carbonyl (C=O) groups is 1. The van der Waals surface area contributed by atoms with Gasteiger partial charge in [0.2, 0.25) is 17.8 Å². The number of nitrogens with one attached hydrogen (secondary N) is 4. The average molecular weight is 484 g/mol. The van der Waals surface area contributed by atoms with Gasteiger partial charge >= 0.3 is 5.97 Å². The molecular weight excluding hydrogens is 446 g/mol. The fourth-order valence-electron chi connectivity index (χ4n) is 4.96. The zero-order chi connectivity index (χ0) is 24.6. The Hall–Kier alpha value is -3.14. The molecule has 0 bridgehead atoms. The van der Waals surface area contributed by atoms with Crippen LogP contribution in [0.15, 0.2) is 18.2 Å². The monoisotopic (exact) mass is 483 g/mol. The van der Waals surface area contributed by atoms with Gasteiger partial charge in [-0.05, 0) is 56.8 Å². The molecule has 1 saturated heterocycles. The molecule has 35 heavy (non-hydrogen) atoms. The first-order valence-electron chi connectivity index (χ1n) is 12.8. The lowest BCUT2D eigenvalue weighted by atomic mass is 10.0. The number of methoxy groups -OCH3 is 1. The van der Waals surface area contributed by atoms with E-state index in [1.165, 1.54) is 45.3 Å². The lowest BCUT2D eigenvalue weighted by Gasteiger charge is -2.24. The Balaban J connectivity index is 1.59. The molecular formula is C25H37N7O3. The maximum Gasteiger partial charge on any atom is 0.339 e. The largest absolute Gasteiger partial charge is 0.496 e. The number of hydrogen-bond donors (Lipinski definition) is 5. The number of carboxylic acid groups (broad SMARTS) is 1. The number of rotatable bonds is 10. The maximum absolute atomic E-state index is 11.6. The molecule has 10 heteroatoms. The van der Waals surface area contributed by atoms with E-state index >= 15 is 0 Å². The summed E-state index contributed by atoms with van der Waals surface area (Å²) in [5.74, 6) is 0.624. The van der Waals surface area contributed by atoms with Crippen molar-refractivity contribution in [3.05, 3.63) is 23.8 Å². The molecule has 0 amide bonds. The van der Waals surface area contributed by atoms with Crippen molar-refractivity contribution in [2.24, 2.45) is 0 Å². The molecule has 2 aliphatic rings. The number of aromatic nitrogens is 3. The molecule has 1 aromatic carbocycles. The minimum absolute atomic E-state index is 0.0695. The van der Waals surface area contributed by atoms with Crippen molar-refractivity contribution < 1.29 is 14.6 Å². The van der Waals surface area contributed by atoms with E-state index in [4.69, 9.17) is 9.72 Å². The summed E-state index contributed by atoms with van der Waals surface area (Å²) in [6.45, 7) is 3.19. The molecule has 10 nitrogen and oxygen atoms in total. The smallest absolute Gasteiger partial charge is 0.339 e. The third-order valence-corrected chi connectivity index (χ3v) is 6.85. The van der Waals surface area contributed by atoms with E-state index in [9.17, 15) is 9.90 Å². The van der Waals surface area contributed by atoms with E-state index in [-0.39, 0.29) is 11.6 Å². The lowest BCUT2D eigenvalue weighted by Crippen LogP contribution is -2.40. The number of nitrogens with zero attached hydrogens (tertiary/aromatic N) is 3. The molecule has 190 valence electrons. The average Bonchev–Trinajstić information content (AvgIpc) is 3.27. The minimum atomic E-state index is -1.06. The van der Waals surface area contributed by atoms with Crippen molar-refractivity contribution in [1.82, 2.24) is 20.3 Å². The maximum atomic E-state index is 11.6. The van der Waals surface area contributed by atoms with Gasteiger partial charge in [-0.25, -0.2) is 4.79 Å². The highest BCUT2D eigenvalue weighted by molar-refractivity contribution is 5.92. The molecule has 1 saturated carbocycles. The van der Waals surface area contributed by atoms with Crippen LogP contribution in [0.2, 0.25) is 0 Å². The highest BCUT2D eigenvalue weighted by Gasteiger charge is 2.24. The zero-order valence-corrected chi connectivity index (χ0v) is 20.6. The molecule has 0 spiro atoms. The van der Waals surface area contributed by atoms with E-state index in [1.54, 1.807) is 12.1 Å².